The fraction of sp³-hybridized carbons (Fsp3) is 1.00. The molecule has 0 spiro atoms. The van der Waals surface area contributed by atoms with Crippen LogP contribution >= 0.6 is 0 Å². The van der Waals surface area contributed by atoms with Crippen LogP contribution in [0.3, 0.4) is 0 Å². The lowest BCUT2D eigenvalue weighted by atomic mass is 10.1. The van der Waals surface area contributed by atoms with Crippen LogP contribution in [0.5, 0.6) is 0 Å². The lowest BCUT2D eigenvalue weighted by Crippen LogP contribution is -2.14. The van der Waals surface area contributed by atoms with Crippen molar-refractivity contribution in [3.63, 3.8) is 0 Å². The third kappa shape index (κ3) is 0.438. The maximum absolute atomic E-state index is 12.7. The molecule has 0 amide bonds. The SMILES string of the molecule is OCC12CCCC1C2(F)F. The third-order valence-corrected chi connectivity index (χ3v) is 3.08. The van der Waals surface area contributed by atoms with Gasteiger partial charge in [-0.1, -0.05) is 6.42 Å². The van der Waals surface area contributed by atoms with E-state index >= 15 is 0 Å². The molecule has 1 N–H and O–H groups in total. The smallest absolute Gasteiger partial charge is 0.259 e. The van der Waals surface area contributed by atoms with Gasteiger partial charge in [0.2, 0.25) is 0 Å². The molecule has 0 heterocycles. The Balaban J connectivity index is 2.23. The van der Waals surface area contributed by atoms with Crippen molar-refractivity contribution < 1.29 is 13.9 Å². The summed E-state index contributed by atoms with van der Waals surface area (Å²) in [6, 6.07) is 0. The number of hydrogen-bond donors (Lipinski definition) is 1. The molecule has 58 valence electrons. The van der Waals surface area contributed by atoms with Crippen molar-refractivity contribution in [2.75, 3.05) is 6.61 Å². The van der Waals surface area contributed by atoms with Gasteiger partial charge in [-0.25, -0.2) is 8.78 Å². The van der Waals surface area contributed by atoms with Gasteiger partial charge >= 0.3 is 0 Å². The van der Waals surface area contributed by atoms with E-state index in [9.17, 15) is 8.78 Å². The lowest BCUT2D eigenvalue weighted by molar-refractivity contribution is 0.0236. The van der Waals surface area contributed by atoms with E-state index in [-0.39, 0.29) is 6.61 Å². The number of fused-ring (bicyclic) bond motifs is 1. The topological polar surface area (TPSA) is 20.2 Å². The summed E-state index contributed by atoms with van der Waals surface area (Å²) < 4.78 is 25.5. The molecule has 2 rings (SSSR count). The molecule has 2 aliphatic carbocycles. The summed E-state index contributed by atoms with van der Waals surface area (Å²) in [6.45, 7) is -0.329. The van der Waals surface area contributed by atoms with Gasteiger partial charge in [0.1, 0.15) is 0 Å². The molecule has 2 unspecified atom stereocenters. The Morgan fingerprint density at radius 1 is 1.50 bits per heavy atom. The van der Waals surface area contributed by atoms with E-state index < -0.39 is 17.3 Å². The minimum absolute atomic E-state index is 0.329. The zero-order valence-corrected chi connectivity index (χ0v) is 5.61. The van der Waals surface area contributed by atoms with Crippen molar-refractivity contribution in [2.45, 2.75) is 25.2 Å². The Morgan fingerprint density at radius 3 is 2.50 bits per heavy atom. The average Bonchev–Trinajstić information content (AvgIpc) is 2.34. The van der Waals surface area contributed by atoms with E-state index in [1.54, 1.807) is 0 Å². The second kappa shape index (κ2) is 1.52. The largest absolute Gasteiger partial charge is 0.396 e. The quantitative estimate of drug-likeness (QED) is 0.596. The first kappa shape index (κ1) is 6.53. The number of aliphatic hydroxyl groups excluding tert-OH is 1. The van der Waals surface area contributed by atoms with Crippen molar-refractivity contribution in [3.8, 4) is 0 Å². The van der Waals surface area contributed by atoms with E-state index in [1.165, 1.54) is 0 Å². The van der Waals surface area contributed by atoms with E-state index in [0.717, 1.165) is 6.42 Å². The lowest BCUT2D eigenvalue weighted by Gasteiger charge is -2.08. The van der Waals surface area contributed by atoms with E-state index in [4.69, 9.17) is 5.11 Å². The van der Waals surface area contributed by atoms with Gasteiger partial charge < -0.3 is 5.11 Å². The van der Waals surface area contributed by atoms with Crippen molar-refractivity contribution in [3.05, 3.63) is 0 Å². The molecular formula is C7H10F2O. The summed E-state index contributed by atoms with van der Waals surface area (Å²) in [6.07, 6.45) is 1.98. The molecule has 0 radical (unpaired) electrons. The number of halogens is 2. The van der Waals surface area contributed by atoms with Crippen LogP contribution in [-0.2, 0) is 0 Å². The second-order valence-electron chi connectivity index (χ2n) is 3.38. The predicted octanol–water partition coefficient (Wildman–Crippen LogP) is 1.41. The average molecular weight is 148 g/mol. The van der Waals surface area contributed by atoms with Crippen molar-refractivity contribution in [2.24, 2.45) is 11.3 Å². The number of aliphatic hydroxyl groups is 1. The molecule has 0 aromatic heterocycles. The highest BCUT2D eigenvalue weighted by Crippen LogP contribution is 2.73. The van der Waals surface area contributed by atoms with Crippen molar-refractivity contribution in [1.82, 2.24) is 0 Å². The summed E-state index contributed by atoms with van der Waals surface area (Å²) in [7, 11) is 0. The van der Waals surface area contributed by atoms with E-state index in [1.807, 2.05) is 0 Å². The third-order valence-electron chi connectivity index (χ3n) is 3.08. The molecule has 10 heavy (non-hydrogen) atoms. The first-order valence-corrected chi connectivity index (χ1v) is 3.64. The molecule has 2 atom stereocenters. The normalized spacial score (nSPS) is 48.9. The van der Waals surface area contributed by atoms with Crippen LogP contribution in [0.1, 0.15) is 19.3 Å². The highest BCUT2D eigenvalue weighted by atomic mass is 19.3. The molecule has 2 saturated carbocycles. The molecule has 2 fully saturated rings. The van der Waals surface area contributed by atoms with Gasteiger partial charge in [-0.3, -0.25) is 0 Å². The zero-order valence-electron chi connectivity index (χ0n) is 5.61. The molecule has 2 aliphatic rings. The van der Waals surface area contributed by atoms with Crippen LogP contribution in [0.15, 0.2) is 0 Å². The predicted molar refractivity (Wildman–Crippen MR) is 31.8 cm³/mol. The van der Waals surface area contributed by atoms with Crippen LogP contribution < -0.4 is 0 Å². The summed E-state index contributed by atoms with van der Waals surface area (Å²) in [4.78, 5) is 0. The standard InChI is InChI=1S/C7H10F2O/c8-7(9)5-2-1-3-6(5,7)4-10/h5,10H,1-4H2. The fourth-order valence-electron chi connectivity index (χ4n) is 2.31. The Hall–Kier alpha value is -0.180. The summed E-state index contributed by atoms with van der Waals surface area (Å²) >= 11 is 0. The van der Waals surface area contributed by atoms with Gasteiger partial charge in [0.05, 0.1) is 12.0 Å². The van der Waals surface area contributed by atoms with Gasteiger partial charge in [0.15, 0.2) is 0 Å². The van der Waals surface area contributed by atoms with E-state index in [2.05, 4.69) is 0 Å². The Kier molecular flexibility index (Phi) is 0.994. The summed E-state index contributed by atoms with van der Waals surface area (Å²) in [5.41, 5.74) is -0.979. The summed E-state index contributed by atoms with van der Waals surface area (Å²) in [5.74, 6) is -3.04. The van der Waals surface area contributed by atoms with Gasteiger partial charge in [-0.2, -0.15) is 0 Å². The molecular weight excluding hydrogens is 138 g/mol. The molecule has 0 bridgehead atoms. The molecule has 1 nitrogen and oxygen atoms in total. The van der Waals surface area contributed by atoms with E-state index in [0.29, 0.717) is 12.8 Å². The number of alkyl halides is 2. The number of hydrogen-bond acceptors (Lipinski definition) is 1. The highest BCUT2D eigenvalue weighted by Gasteiger charge is 2.81. The molecule has 0 aromatic carbocycles. The van der Waals surface area contributed by atoms with Crippen LogP contribution in [0.25, 0.3) is 0 Å². The Labute approximate surface area is 58.0 Å². The Morgan fingerprint density at radius 2 is 2.20 bits per heavy atom. The maximum Gasteiger partial charge on any atom is 0.259 e. The molecule has 3 heteroatoms. The number of rotatable bonds is 1. The maximum atomic E-state index is 12.7. The first-order chi connectivity index (χ1) is 4.65. The van der Waals surface area contributed by atoms with Crippen LogP contribution in [0, 0.1) is 11.3 Å². The van der Waals surface area contributed by atoms with Gasteiger partial charge in [-0.05, 0) is 12.8 Å². The monoisotopic (exact) mass is 148 g/mol. The summed E-state index contributed by atoms with van der Waals surface area (Å²) in [5, 5.41) is 8.72. The highest BCUT2D eigenvalue weighted by molar-refractivity contribution is 5.20. The van der Waals surface area contributed by atoms with Crippen molar-refractivity contribution in [1.29, 1.82) is 0 Å². The molecule has 0 aromatic rings. The zero-order chi connectivity index (χ0) is 7.41. The van der Waals surface area contributed by atoms with Gasteiger partial charge in [-0.15, -0.1) is 0 Å². The van der Waals surface area contributed by atoms with Crippen LogP contribution in [0.2, 0.25) is 0 Å². The van der Waals surface area contributed by atoms with Crippen LogP contribution in [-0.4, -0.2) is 17.6 Å². The van der Waals surface area contributed by atoms with Gasteiger partial charge in [0.25, 0.3) is 5.92 Å². The second-order valence-corrected chi connectivity index (χ2v) is 3.38. The minimum Gasteiger partial charge on any atom is -0.396 e. The Bertz CT molecular complexity index is 169. The van der Waals surface area contributed by atoms with Crippen LogP contribution in [0.4, 0.5) is 8.78 Å². The van der Waals surface area contributed by atoms with Gasteiger partial charge in [0, 0.05) is 5.92 Å². The fourth-order valence-corrected chi connectivity index (χ4v) is 2.31. The first-order valence-electron chi connectivity index (χ1n) is 3.64. The van der Waals surface area contributed by atoms with Crippen molar-refractivity contribution >= 4 is 0 Å². The minimum atomic E-state index is -2.54. The molecule has 0 aliphatic heterocycles. The molecule has 0 saturated heterocycles.